The van der Waals surface area contributed by atoms with E-state index in [1.165, 1.54) is 12.0 Å². The second-order valence-corrected chi connectivity index (χ2v) is 6.66. The second-order valence-electron chi connectivity index (χ2n) is 6.66. The fourth-order valence-corrected chi connectivity index (χ4v) is 2.42. The molecule has 0 aromatic carbocycles. The van der Waals surface area contributed by atoms with Gasteiger partial charge in [-0.15, -0.1) is 0 Å². The number of nitrogens with one attached hydrogen (secondary N) is 1. The SMILES string of the molecule is Cc1nc(N(C)CC2CC2C)ncc1CNCC(C)C. The predicted molar refractivity (Wildman–Crippen MR) is 83.9 cm³/mol. The summed E-state index contributed by atoms with van der Waals surface area (Å²) in [6.45, 7) is 11.8. The molecule has 2 atom stereocenters. The summed E-state index contributed by atoms with van der Waals surface area (Å²) < 4.78 is 0. The molecule has 1 heterocycles. The van der Waals surface area contributed by atoms with E-state index < -0.39 is 0 Å². The van der Waals surface area contributed by atoms with Gasteiger partial charge in [0.25, 0.3) is 0 Å². The predicted octanol–water partition coefficient (Wildman–Crippen LogP) is 2.62. The molecule has 0 radical (unpaired) electrons. The van der Waals surface area contributed by atoms with E-state index >= 15 is 0 Å². The van der Waals surface area contributed by atoms with Crippen molar-refractivity contribution >= 4 is 5.95 Å². The van der Waals surface area contributed by atoms with Gasteiger partial charge < -0.3 is 10.2 Å². The molecule has 1 aromatic rings. The average molecular weight is 276 g/mol. The van der Waals surface area contributed by atoms with E-state index in [1.54, 1.807) is 0 Å². The highest BCUT2D eigenvalue weighted by molar-refractivity contribution is 5.32. The van der Waals surface area contributed by atoms with Gasteiger partial charge in [0.1, 0.15) is 0 Å². The van der Waals surface area contributed by atoms with Gasteiger partial charge in [-0.2, -0.15) is 0 Å². The van der Waals surface area contributed by atoms with E-state index in [1.807, 2.05) is 6.20 Å². The number of rotatable bonds is 7. The number of nitrogens with zero attached hydrogens (tertiary/aromatic N) is 3. The molecule has 4 heteroatoms. The molecule has 1 saturated carbocycles. The number of hydrogen-bond donors (Lipinski definition) is 1. The second kappa shape index (κ2) is 6.53. The first-order valence-corrected chi connectivity index (χ1v) is 7.71. The molecule has 0 spiro atoms. The Bertz CT molecular complexity index is 444. The number of aryl methyl sites for hydroxylation is 1. The molecule has 1 fully saturated rings. The molecule has 2 unspecified atom stereocenters. The van der Waals surface area contributed by atoms with Crippen LogP contribution in [0.2, 0.25) is 0 Å². The molecular weight excluding hydrogens is 248 g/mol. The molecule has 1 aromatic heterocycles. The fraction of sp³-hybridized carbons (Fsp3) is 0.750. The lowest BCUT2D eigenvalue weighted by molar-refractivity contribution is 0.550. The van der Waals surface area contributed by atoms with Crippen LogP contribution in [0.15, 0.2) is 6.20 Å². The molecule has 0 amide bonds. The lowest BCUT2D eigenvalue weighted by atomic mass is 10.2. The Kier molecular flexibility index (Phi) is 4.97. The third-order valence-electron chi connectivity index (χ3n) is 4.06. The van der Waals surface area contributed by atoms with Crippen molar-refractivity contribution in [1.82, 2.24) is 15.3 Å². The van der Waals surface area contributed by atoms with Gasteiger partial charge in [-0.05, 0) is 37.6 Å². The van der Waals surface area contributed by atoms with Crippen LogP contribution in [-0.4, -0.2) is 30.1 Å². The van der Waals surface area contributed by atoms with E-state index in [0.717, 1.165) is 43.1 Å². The topological polar surface area (TPSA) is 41.1 Å². The standard InChI is InChI=1S/C16H28N4/c1-11(2)7-17-8-15-9-18-16(19-13(15)4)20(5)10-14-6-12(14)3/h9,11-12,14,17H,6-8,10H2,1-5H3. The maximum atomic E-state index is 4.65. The quantitative estimate of drug-likeness (QED) is 0.831. The Morgan fingerprint density at radius 2 is 2.15 bits per heavy atom. The Balaban J connectivity index is 1.90. The summed E-state index contributed by atoms with van der Waals surface area (Å²) in [7, 11) is 2.09. The van der Waals surface area contributed by atoms with Crippen LogP contribution in [0.3, 0.4) is 0 Å². The zero-order chi connectivity index (χ0) is 14.7. The van der Waals surface area contributed by atoms with Gasteiger partial charge >= 0.3 is 0 Å². The van der Waals surface area contributed by atoms with E-state index in [4.69, 9.17) is 0 Å². The van der Waals surface area contributed by atoms with Crippen LogP contribution >= 0.6 is 0 Å². The van der Waals surface area contributed by atoms with Gasteiger partial charge in [-0.1, -0.05) is 20.8 Å². The van der Waals surface area contributed by atoms with Crippen molar-refractivity contribution in [3.05, 3.63) is 17.5 Å². The molecule has 2 rings (SSSR count). The van der Waals surface area contributed by atoms with Gasteiger partial charge in [-0.3, -0.25) is 0 Å². The molecule has 1 N–H and O–H groups in total. The molecular formula is C16H28N4. The summed E-state index contributed by atoms with van der Waals surface area (Å²) >= 11 is 0. The summed E-state index contributed by atoms with van der Waals surface area (Å²) in [5, 5.41) is 3.45. The van der Waals surface area contributed by atoms with Crippen LogP contribution in [0, 0.1) is 24.7 Å². The minimum absolute atomic E-state index is 0.669. The molecule has 0 bridgehead atoms. The van der Waals surface area contributed by atoms with Crippen LogP contribution in [0.5, 0.6) is 0 Å². The Morgan fingerprint density at radius 3 is 2.70 bits per heavy atom. The van der Waals surface area contributed by atoms with Crippen LogP contribution in [0.4, 0.5) is 5.95 Å². The molecule has 112 valence electrons. The first-order valence-electron chi connectivity index (χ1n) is 7.71. The third-order valence-corrected chi connectivity index (χ3v) is 4.06. The van der Waals surface area contributed by atoms with Crippen molar-refractivity contribution in [3.63, 3.8) is 0 Å². The van der Waals surface area contributed by atoms with Crippen molar-refractivity contribution in [2.24, 2.45) is 17.8 Å². The largest absolute Gasteiger partial charge is 0.344 e. The van der Waals surface area contributed by atoms with Crippen molar-refractivity contribution < 1.29 is 0 Å². The number of hydrogen-bond acceptors (Lipinski definition) is 4. The van der Waals surface area contributed by atoms with Gasteiger partial charge in [0.15, 0.2) is 0 Å². The third kappa shape index (κ3) is 4.17. The summed E-state index contributed by atoms with van der Waals surface area (Å²) in [4.78, 5) is 11.4. The van der Waals surface area contributed by atoms with Crippen molar-refractivity contribution in [3.8, 4) is 0 Å². The van der Waals surface area contributed by atoms with E-state index in [0.29, 0.717) is 5.92 Å². The normalized spacial score (nSPS) is 21.3. The summed E-state index contributed by atoms with van der Waals surface area (Å²) in [5.41, 5.74) is 2.28. The van der Waals surface area contributed by atoms with Gasteiger partial charge in [0.05, 0.1) is 0 Å². The lowest BCUT2D eigenvalue weighted by Gasteiger charge is -2.18. The molecule has 4 nitrogen and oxygen atoms in total. The maximum Gasteiger partial charge on any atom is 0.225 e. The van der Waals surface area contributed by atoms with Gasteiger partial charge in [0, 0.05) is 37.6 Å². The van der Waals surface area contributed by atoms with Gasteiger partial charge in [0.2, 0.25) is 5.95 Å². The zero-order valence-electron chi connectivity index (χ0n) is 13.5. The number of anilines is 1. The van der Waals surface area contributed by atoms with Crippen molar-refractivity contribution in [2.45, 2.75) is 40.7 Å². The van der Waals surface area contributed by atoms with Crippen LogP contribution in [0.1, 0.15) is 38.4 Å². The monoisotopic (exact) mass is 276 g/mol. The van der Waals surface area contributed by atoms with E-state index in [2.05, 4.69) is 54.9 Å². The Hall–Kier alpha value is -1.16. The fourth-order valence-electron chi connectivity index (χ4n) is 2.42. The minimum atomic E-state index is 0.669. The summed E-state index contributed by atoms with van der Waals surface area (Å²) in [6, 6.07) is 0. The highest BCUT2D eigenvalue weighted by atomic mass is 15.2. The number of aromatic nitrogens is 2. The highest BCUT2D eigenvalue weighted by Gasteiger charge is 2.33. The van der Waals surface area contributed by atoms with Gasteiger partial charge in [-0.25, -0.2) is 9.97 Å². The smallest absolute Gasteiger partial charge is 0.225 e. The first kappa shape index (κ1) is 15.2. The first-order chi connectivity index (χ1) is 9.47. The Morgan fingerprint density at radius 1 is 1.45 bits per heavy atom. The highest BCUT2D eigenvalue weighted by Crippen LogP contribution is 2.38. The van der Waals surface area contributed by atoms with Crippen LogP contribution in [-0.2, 0) is 6.54 Å². The van der Waals surface area contributed by atoms with Crippen LogP contribution in [0.25, 0.3) is 0 Å². The Labute approximate surface area is 123 Å². The molecule has 20 heavy (non-hydrogen) atoms. The molecule has 1 aliphatic rings. The maximum absolute atomic E-state index is 4.65. The minimum Gasteiger partial charge on any atom is -0.344 e. The summed E-state index contributed by atoms with van der Waals surface area (Å²) in [6.07, 6.45) is 3.32. The average Bonchev–Trinajstić information content (AvgIpc) is 3.06. The van der Waals surface area contributed by atoms with E-state index in [-0.39, 0.29) is 0 Å². The van der Waals surface area contributed by atoms with Crippen molar-refractivity contribution in [1.29, 1.82) is 0 Å². The molecule has 1 aliphatic carbocycles. The molecule has 0 saturated heterocycles. The lowest BCUT2D eigenvalue weighted by Crippen LogP contribution is -2.24. The molecule has 0 aliphatic heterocycles. The zero-order valence-corrected chi connectivity index (χ0v) is 13.5. The van der Waals surface area contributed by atoms with Crippen LogP contribution < -0.4 is 10.2 Å². The van der Waals surface area contributed by atoms with Crippen molar-refractivity contribution in [2.75, 3.05) is 25.0 Å². The summed E-state index contributed by atoms with van der Waals surface area (Å²) in [5.74, 6) is 3.23. The van der Waals surface area contributed by atoms with E-state index in [9.17, 15) is 0 Å².